The highest BCUT2D eigenvalue weighted by Crippen LogP contribution is 2.25. The zero-order valence-electron chi connectivity index (χ0n) is 11.4. The Balaban J connectivity index is 2.27. The van der Waals surface area contributed by atoms with Crippen molar-refractivity contribution in [2.45, 2.75) is 18.6 Å². The van der Waals surface area contributed by atoms with Gasteiger partial charge in [0.2, 0.25) is 0 Å². The van der Waals surface area contributed by atoms with Crippen molar-refractivity contribution in [3.63, 3.8) is 0 Å². The van der Waals surface area contributed by atoms with Gasteiger partial charge in [0.25, 0.3) is 0 Å². The lowest BCUT2D eigenvalue weighted by Crippen LogP contribution is -2.46. The Bertz CT molecular complexity index is 718. The van der Waals surface area contributed by atoms with Gasteiger partial charge in [0, 0.05) is 4.47 Å². The molecule has 2 atom stereocenters. The van der Waals surface area contributed by atoms with Crippen LogP contribution in [0.2, 0.25) is 0 Å². The maximum Gasteiger partial charge on any atom is 0.324 e. The second-order valence-corrected chi connectivity index (χ2v) is 5.69. The summed E-state index contributed by atoms with van der Waals surface area (Å²) in [7, 11) is 0. The van der Waals surface area contributed by atoms with Gasteiger partial charge in [-0.15, -0.1) is 0 Å². The van der Waals surface area contributed by atoms with Crippen LogP contribution in [-0.4, -0.2) is 34.3 Å². The predicted molar refractivity (Wildman–Crippen MR) is 83.9 cm³/mol. The van der Waals surface area contributed by atoms with Crippen molar-refractivity contribution < 1.29 is 24.5 Å². The number of hydrogen-bond acceptors (Lipinski definition) is 4. The van der Waals surface area contributed by atoms with Crippen molar-refractivity contribution in [1.29, 1.82) is 0 Å². The molecule has 2 aromatic rings. The summed E-state index contributed by atoms with van der Waals surface area (Å²) in [6, 6.07) is 9.41. The molecule has 0 bridgehead atoms. The first-order valence-electron chi connectivity index (χ1n) is 6.43. The lowest BCUT2D eigenvalue weighted by molar-refractivity contribution is -0.143. The largest absolute Gasteiger partial charge is 0.488 e. The van der Waals surface area contributed by atoms with Crippen LogP contribution < -0.4 is 10.5 Å². The van der Waals surface area contributed by atoms with Gasteiger partial charge in [-0.3, -0.25) is 9.59 Å². The molecule has 0 radical (unpaired) electrons. The van der Waals surface area contributed by atoms with Crippen LogP contribution in [0.15, 0.2) is 40.9 Å². The Morgan fingerprint density at radius 2 is 1.77 bits per heavy atom. The highest BCUT2D eigenvalue weighted by Gasteiger charge is 2.28. The first kappa shape index (κ1) is 16.3. The lowest BCUT2D eigenvalue weighted by atomic mass is 10.1. The van der Waals surface area contributed by atoms with Gasteiger partial charge in [0.1, 0.15) is 17.9 Å². The molecule has 0 heterocycles. The molecule has 0 fully saturated rings. The summed E-state index contributed by atoms with van der Waals surface area (Å²) >= 11 is 3.38. The van der Waals surface area contributed by atoms with E-state index in [4.69, 9.17) is 20.7 Å². The number of hydrogen-bond donors (Lipinski definition) is 3. The Hall–Kier alpha value is -2.12. The summed E-state index contributed by atoms with van der Waals surface area (Å²) in [6.07, 6.45) is -1.64. The van der Waals surface area contributed by atoms with Crippen LogP contribution in [0, 0.1) is 0 Å². The van der Waals surface area contributed by atoms with Gasteiger partial charge in [-0.1, -0.05) is 28.1 Å². The van der Waals surface area contributed by atoms with Gasteiger partial charge in [0.15, 0.2) is 0 Å². The Morgan fingerprint density at radius 3 is 2.41 bits per heavy atom. The third-order valence-corrected chi connectivity index (χ3v) is 3.62. The molecule has 0 saturated carbocycles. The molecular formula is C15H14BrNO5. The van der Waals surface area contributed by atoms with E-state index in [1.807, 2.05) is 18.2 Å². The third kappa shape index (κ3) is 3.96. The summed E-state index contributed by atoms with van der Waals surface area (Å²) in [5.41, 5.74) is 5.50. The normalized spacial score (nSPS) is 13.5. The minimum absolute atomic E-state index is 0.373. The van der Waals surface area contributed by atoms with Gasteiger partial charge in [-0.2, -0.15) is 0 Å². The Morgan fingerprint density at radius 1 is 1.14 bits per heavy atom. The monoisotopic (exact) mass is 367 g/mol. The van der Waals surface area contributed by atoms with Gasteiger partial charge < -0.3 is 20.7 Å². The fourth-order valence-corrected chi connectivity index (χ4v) is 2.39. The first-order valence-corrected chi connectivity index (χ1v) is 7.22. The molecule has 0 unspecified atom stereocenters. The molecule has 6 nitrogen and oxygen atoms in total. The lowest BCUT2D eigenvalue weighted by Gasteiger charge is -2.21. The van der Waals surface area contributed by atoms with Crippen molar-refractivity contribution >= 4 is 38.6 Å². The summed E-state index contributed by atoms with van der Waals surface area (Å²) < 4.78 is 6.42. The fourth-order valence-electron chi connectivity index (χ4n) is 2.02. The van der Waals surface area contributed by atoms with Crippen molar-refractivity contribution in [2.24, 2.45) is 5.73 Å². The molecule has 0 saturated heterocycles. The fraction of sp³-hybridized carbons (Fsp3) is 0.200. The van der Waals surface area contributed by atoms with Crippen molar-refractivity contribution in [3.8, 4) is 5.75 Å². The van der Waals surface area contributed by atoms with E-state index in [1.165, 1.54) is 0 Å². The van der Waals surface area contributed by atoms with Gasteiger partial charge in [-0.25, -0.2) is 0 Å². The van der Waals surface area contributed by atoms with E-state index in [0.29, 0.717) is 5.75 Å². The maximum atomic E-state index is 11.0. The number of fused-ring (bicyclic) bond motifs is 1. The number of ether oxygens (including phenoxy) is 1. The maximum absolute atomic E-state index is 11.0. The van der Waals surface area contributed by atoms with Crippen LogP contribution in [0.25, 0.3) is 10.8 Å². The number of halogens is 1. The minimum atomic E-state index is -1.42. The molecule has 0 aliphatic carbocycles. The number of nitrogens with two attached hydrogens (primary N) is 1. The molecular weight excluding hydrogens is 354 g/mol. The summed E-state index contributed by atoms with van der Waals surface area (Å²) in [6.45, 7) is 0. The quantitative estimate of drug-likeness (QED) is 0.721. The molecule has 22 heavy (non-hydrogen) atoms. The molecule has 116 valence electrons. The van der Waals surface area contributed by atoms with E-state index in [1.54, 1.807) is 18.2 Å². The van der Waals surface area contributed by atoms with E-state index >= 15 is 0 Å². The van der Waals surface area contributed by atoms with Gasteiger partial charge in [0.05, 0.1) is 6.42 Å². The van der Waals surface area contributed by atoms with Crippen LogP contribution in [0.1, 0.15) is 6.42 Å². The summed E-state index contributed by atoms with van der Waals surface area (Å²) in [5.74, 6) is -2.11. The molecule has 2 rings (SSSR count). The second kappa shape index (κ2) is 6.76. The SMILES string of the molecule is N[C@H](C(=O)O)[C@H](CC(=O)O)Oc1ccc2cc(Br)ccc2c1. The molecule has 0 aromatic heterocycles. The number of rotatable bonds is 6. The minimum Gasteiger partial charge on any atom is -0.488 e. The van der Waals surface area contributed by atoms with E-state index in [9.17, 15) is 9.59 Å². The number of carboxylic acids is 2. The number of carboxylic acid groups (broad SMARTS) is 2. The number of aliphatic carboxylic acids is 2. The molecule has 0 spiro atoms. The van der Waals surface area contributed by atoms with Gasteiger partial charge in [-0.05, 0) is 35.0 Å². The molecule has 0 aliphatic rings. The first-order chi connectivity index (χ1) is 10.4. The smallest absolute Gasteiger partial charge is 0.324 e. The Labute approximate surface area is 134 Å². The molecule has 4 N–H and O–H groups in total. The van der Waals surface area contributed by atoms with Crippen LogP contribution in [0.5, 0.6) is 5.75 Å². The van der Waals surface area contributed by atoms with Crippen LogP contribution in [0.3, 0.4) is 0 Å². The van der Waals surface area contributed by atoms with Crippen LogP contribution in [0.4, 0.5) is 0 Å². The Kier molecular flexibility index (Phi) is 4.99. The van der Waals surface area contributed by atoms with E-state index in [2.05, 4.69) is 15.9 Å². The second-order valence-electron chi connectivity index (χ2n) is 4.77. The van der Waals surface area contributed by atoms with Crippen molar-refractivity contribution in [2.75, 3.05) is 0 Å². The van der Waals surface area contributed by atoms with Crippen molar-refractivity contribution in [1.82, 2.24) is 0 Å². The topological polar surface area (TPSA) is 110 Å². The van der Waals surface area contributed by atoms with Crippen LogP contribution >= 0.6 is 15.9 Å². The molecule has 7 heteroatoms. The molecule has 0 aliphatic heterocycles. The highest BCUT2D eigenvalue weighted by atomic mass is 79.9. The molecule has 0 amide bonds. The average Bonchev–Trinajstić information content (AvgIpc) is 2.45. The zero-order chi connectivity index (χ0) is 16.3. The third-order valence-electron chi connectivity index (χ3n) is 3.12. The van der Waals surface area contributed by atoms with Crippen molar-refractivity contribution in [3.05, 3.63) is 40.9 Å². The standard InChI is InChI=1S/C15H14BrNO5/c16-10-3-1-9-6-11(4-2-8(9)5-10)22-12(7-13(18)19)14(17)15(20)21/h1-6,12,14H,7,17H2,(H,18,19)(H,20,21)/t12-,14-/m0/s1. The highest BCUT2D eigenvalue weighted by molar-refractivity contribution is 9.10. The van der Waals surface area contributed by atoms with E-state index < -0.39 is 30.5 Å². The zero-order valence-corrected chi connectivity index (χ0v) is 13.0. The van der Waals surface area contributed by atoms with E-state index in [-0.39, 0.29) is 0 Å². The summed E-state index contributed by atoms with van der Waals surface area (Å²) in [5, 5.41) is 19.7. The average molecular weight is 368 g/mol. The number of carbonyl (C=O) groups is 2. The number of benzene rings is 2. The summed E-state index contributed by atoms with van der Waals surface area (Å²) in [4.78, 5) is 21.8. The van der Waals surface area contributed by atoms with Gasteiger partial charge >= 0.3 is 11.9 Å². The molecule has 2 aromatic carbocycles. The van der Waals surface area contributed by atoms with Crippen LogP contribution in [-0.2, 0) is 9.59 Å². The van der Waals surface area contributed by atoms with E-state index in [0.717, 1.165) is 15.2 Å². The predicted octanol–water partition coefficient (Wildman–Crippen LogP) is 2.24.